The highest BCUT2D eigenvalue weighted by molar-refractivity contribution is 9.09. The van der Waals surface area contributed by atoms with Gasteiger partial charge in [-0.05, 0) is 19.3 Å². The first-order valence-electron chi connectivity index (χ1n) is 2.78. The Kier molecular flexibility index (Phi) is 7.85. The van der Waals surface area contributed by atoms with Gasteiger partial charge in [0, 0.05) is 19.0 Å². The van der Waals surface area contributed by atoms with Crippen molar-refractivity contribution in [1.29, 1.82) is 0 Å². The van der Waals surface area contributed by atoms with E-state index in [0.717, 1.165) is 18.4 Å². The number of rotatable bonds is 5. The molecule has 0 saturated carbocycles. The second-order valence-corrected chi connectivity index (χ2v) is 2.37. The van der Waals surface area contributed by atoms with Crippen LogP contribution in [0.3, 0.4) is 0 Å². The Morgan fingerprint density at radius 3 is 2.88 bits per heavy atom. The fourth-order valence-electron chi connectivity index (χ4n) is 0.423. The summed E-state index contributed by atoms with van der Waals surface area (Å²) in [7, 11) is 1.71. The number of halogens is 1. The highest BCUT2D eigenvalue weighted by atomic mass is 79.9. The lowest BCUT2D eigenvalue weighted by Crippen LogP contribution is -1.88. The van der Waals surface area contributed by atoms with E-state index in [1.54, 1.807) is 7.11 Å². The van der Waals surface area contributed by atoms with E-state index in [2.05, 4.69) is 22.4 Å². The van der Waals surface area contributed by atoms with Crippen LogP contribution >= 0.6 is 15.9 Å². The molecule has 49 valence electrons. The largest absolute Gasteiger partial charge is 0.384 e. The maximum Gasteiger partial charge on any atom is 0.0494 e. The standard InChI is InChI=1S/C6H12BrO/c1-8-6-4-2-3-5-7/h4H,2-3,5-6H2,1H3. The molecule has 0 heterocycles. The molecule has 0 aliphatic heterocycles. The first-order valence-corrected chi connectivity index (χ1v) is 3.90. The Bertz CT molecular complexity index is 33.5. The molecule has 0 amide bonds. The SMILES string of the molecule is COC[CH]CCCBr. The molecule has 0 aliphatic rings. The summed E-state index contributed by atoms with van der Waals surface area (Å²) in [5, 5.41) is 1.09. The van der Waals surface area contributed by atoms with Crippen LogP contribution < -0.4 is 0 Å². The summed E-state index contributed by atoms with van der Waals surface area (Å²) in [5.74, 6) is 0. The molecule has 0 aromatic carbocycles. The summed E-state index contributed by atoms with van der Waals surface area (Å²) < 4.78 is 4.82. The predicted octanol–water partition coefficient (Wildman–Crippen LogP) is 2.01. The van der Waals surface area contributed by atoms with Gasteiger partial charge in [-0.25, -0.2) is 0 Å². The normalized spacial score (nSPS) is 9.75. The van der Waals surface area contributed by atoms with E-state index in [1.807, 2.05) is 0 Å². The average Bonchev–Trinajstić information content (AvgIpc) is 1.81. The fourth-order valence-corrected chi connectivity index (χ4v) is 0.746. The molecule has 0 spiro atoms. The van der Waals surface area contributed by atoms with Crippen LogP contribution in [0.25, 0.3) is 0 Å². The number of hydrogen-bond donors (Lipinski definition) is 0. The average molecular weight is 180 g/mol. The third kappa shape index (κ3) is 6.44. The summed E-state index contributed by atoms with van der Waals surface area (Å²) in [4.78, 5) is 0. The second kappa shape index (κ2) is 7.44. The van der Waals surface area contributed by atoms with E-state index < -0.39 is 0 Å². The van der Waals surface area contributed by atoms with Gasteiger partial charge in [0.1, 0.15) is 0 Å². The molecule has 0 saturated heterocycles. The summed E-state index contributed by atoms with van der Waals surface area (Å²) in [6.45, 7) is 0.785. The van der Waals surface area contributed by atoms with Gasteiger partial charge in [-0.15, -0.1) is 0 Å². The Balaban J connectivity index is 2.53. The summed E-state index contributed by atoms with van der Waals surface area (Å²) in [6, 6.07) is 0. The fraction of sp³-hybridized carbons (Fsp3) is 0.833. The van der Waals surface area contributed by atoms with Crippen molar-refractivity contribution in [3.8, 4) is 0 Å². The van der Waals surface area contributed by atoms with Gasteiger partial charge >= 0.3 is 0 Å². The van der Waals surface area contributed by atoms with Gasteiger partial charge in [0.25, 0.3) is 0 Å². The van der Waals surface area contributed by atoms with Crippen molar-refractivity contribution in [1.82, 2.24) is 0 Å². The molecule has 0 N–H and O–H groups in total. The van der Waals surface area contributed by atoms with Gasteiger partial charge in [-0.1, -0.05) is 15.9 Å². The Morgan fingerprint density at radius 1 is 1.62 bits per heavy atom. The van der Waals surface area contributed by atoms with Crippen molar-refractivity contribution in [2.75, 3.05) is 19.0 Å². The topological polar surface area (TPSA) is 9.23 Å². The van der Waals surface area contributed by atoms with Crippen LogP contribution in [0.1, 0.15) is 12.8 Å². The highest BCUT2D eigenvalue weighted by Crippen LogP contribution is 1.96. The molecule has 0 rings (SSSR count). The zero-order valence-electron chi connectivity index (χ0n) is 5.19. The second-order valence-electron chi connectivity index (χ2n) is 1.58. The molecular formula is C6H12BrO. The Hall–Kier alpha value is 0.440. The zero-order valence-corrected chi connectivity index (χ0v) is 6.78. The van der Waals surface area contributed by atoms with Gasteiger partial charge < -0.3 is 4.74 Å². The van der Waals surface area contributed by atoms with Crippen molar-refractivity contribution in [3.63, 3.8) is 0 Å². The van der Waals surface area contributed by atoms with E-state index in [-0.39, 0.29) is 0 Å². The molecule has 2 heteroatoms. The van der Waals surface area contributed by atoms with Crippen LogP contribution in [0.4, 0.5) is 0 Å². The highest BCUT2D eigenvalue weighted by Gasteiger charge is 1.84. The Labute approximate surface area is 59.5 Å². The van der Waals surface area contributed by atoms with Gasteiger partial charge in [-0.2, -0.15) is 0 Å². The molecule has 1 radical (unpaired) electrons. The van der Waals surface area contributed by atoms with Crippen molar-refractivity contribution in [2.24, 2.45) is 0 Å². The minimum absolute atomic E-state index is 0.785. The molecular weight excluding hydrogens is 168 g/mol. The van der Waals surface area contributed by atoms with Crippen LogP contribution in [-0.2, 0) is 4.74 Å². The molecule has 0 aromatic heterocycles. The van der Waals surface area contributed by atoms with Gasteiger partial charge in [0.05, 0.1) is 0 Å². The zero-order chi connectivity index (χ0) is 6.24. The number of ether oxygens (including phenoxy) is 1. The van der Waals surface area contributed by atoms with Crippen LogP contribution in [0.15, 0.2) is 0 Å². The van der Waals surface area contributed by atoms with Crippen LogP contribution in [-0.4, -0.2) is 19.0 Å². The maximum atomic E-state index is 4.82. The minimum Gasteiger partial charge on any atom is -0.384 e. The smallest absolute Gasteiger partial charge is 0.0494 e. The van der Waals surface area contributed by atoms with E-state index in [0.29, 0.717) is 0 Å². The number of hydrogen-bond acceptors (Lipinski definition) is 1. The summed E-state index contributed by atoms with van der Waals surface area (Å²) in [6.07, 6.45) is 4.50. The van der Waals surface area contributed by atoms with Gasteiger partial charge in [-0.3, -0.25) is 0 Å². The van der Waals surface area contributed by atoms with Crippen LogP contribution in [0, 0.1) is 6.42 Å². The minimum atomic E-state index is 0.785. The molecule has 0 aliphatic carbocycles. The molecule has 0 bridgehead atoms. The monoisotopic (exact) mass is 179 g/mol. The van der Waals surface area contributed by atoms with Gasteiger partial charge in [0.2, 0.25) is 0 Å². The van der Waals surface area contributed by atoms with Crippen molar-refractivity contribution >= 4 is 15.9 Å². The molecule has 0 atom stereocenters. The quantitative estimate of drug-likeness (QED) is 0.464. The lowest BCUT2D eigenvalue weighted by Gasteiger charge is -1.94. The maximum absolute atomic E-state index is 4.82. The number of alkyl halides is 1. The Morgan fingerprint density at radius 2 is 2.38 bits per heavy atom. The lowest BCUT2D eigenvalue weighted by atomic mass is 10.3. The number of methoxy groups -OCH3 is 1. The first kappa shape index (κ1) is 8.44. The van der Waals surface area contributed by atoms with E-state index in [9.17, 15) is 0 Å². The van der Waals surface area contributed by atoms with Crippen LogP contribution in [0.2, 0.25) is 0 Å². The van der Waals surface area contributed by atoms with Crippen molar-refractivity contribution in [3.05, 3.63) is 6.42 Å². The molecule has 8 heavy (non-hydrogen) atoms. The third-order valence-electron chi connectivity index (χ3n) is 0.826. The van der Waals surface area contributed by atoms with E-state index >= 15 is 0 Å². The molecule has 0 unspecified atom stereocenters. The predicted molar refractivity (Wildman–Crippen MR) is 39.2 cm³/mol. The summed E-state index contributed by atoms with van der Waals surface area (Å²) >= 11 is 3.34. The summed E-state index contributed by atoms with van der Waals surface area (Å²) in [5.41, 5.74) is 0. The van der Waals surface area contributed by atoms with Crippen LogP contribution in [0.5, 0.6) is 0 Å². The van der Waals surface area contributed by atoms with E-state index in [4.69, 9.17) is 4.74 Å². The lowest BCUT2D eigenvalue weighted by molar-refractivity contribution is 0.220. The van der Waals surface area contributed by atoms with Crippen molar-refractivity contribution in [2.45, 2.75) is 12.8 Å². The molecule has 1 nitrogen and oxygen atoms in total. The van der Waals surface area contributed by atoms with Gasteiger partial charge in [0.15, 0.2) is 0 Å². The third-order valence-corrected chi connectivity index (χ3v) is 1.39. The molecule has 0 aromatic rings. The van der Waals surface area contributed by atoms with E-state index in [1.165, 1.54) is 6.42 Å². The first-order chi connectivity index (χ1) is 3.91. The van der Waals surface area contributed by atoms with Crippen molar-refractivity contribution < 1.29 is 4.74 Å². The number of unbranched alkanes of at least 4 members (excludes halogenated alkanes) is 2. The molecule has 0 fully saturated rings.